The van der Waals surface area contributed by atoms with Crippen molar-refractivity contribution in [3.8, 4) is 0 Å². The largest absolute Gasteiger partial charge is 0.399 e. The normalized spacial score (nSPS) is 18.1. The zero-order valence-electron chi connectivity index (χ0n) is 11.9. The number of rotatable bonds is 4. The van der Waals surface area contributed by atoms with Crippen molar-refractivity contribution in [2.75, 3.05) is 39.5 Å². The summed E-state index contributed by atoms with van der Waals surface area (Å²) in [5.74, 6) is 0.857. The molecule has 0 radical (unpaired) electrons. The molecule has 2 N–H and O–H groups in total. The molecule has 0 saturated carbocycles. The molecule has 1 aromatic carbocycles. The molecule has 3 nitrogen and oxygen atoms in total. The fourth-order valence-corrected chi connectivity index (χ4v) is 3.17. The fourth-order valence-electron chi connectivity index (χ4n) is 2.80. The molecule has 2 rings (SSSR count). The van der Waals surface area contributed by atoms with Crippen LogP contribution in [-0.4, -0.2) is 43.5 Å². The molecular weight excluding hydrogens is 302 g/mol. The molecule has 1 aliphatic heterocycles. The second-order valence-electron chi connectivity index (χ2n) is 5.83. The van der Waals surface area contributed by atoms with Crippen molar-refractivity contribution < 1.29 is 0 Å². The summed E-state index contributed by atoms with van der Waals surface area (Å²) in [5.41, 5.74) is 8.01. The van der Waals surface area contributed by atoms with Crippen LogP contribution in [0.25, 0.3) is 0 Å². The van der Waals surface area contributed by atoms with Crippen molar-refractivity contribution >= 4 is 21.6 Å². The average Bonchev–Trinajstić information content (AvgIpc) is 2.35. The SMILES string of the molecule is CN(C)CC1CCN(Cc2cc(N)ccc2Br)CC1. The number of benzene rings is 1. The van der Waals surface area contributed by atoms with Crippen LogP contribution >= 0.6 is 15.9 Å². The maximum absolute atomic E-state index is 5.86. The summed E-state index contributed by atoms with van der Waals surface area (Å²) in [6.07, 6.45) is 2.61. The van der Waals surface area contributed by atoms with Crippen molar-refractivity contribution in [1.82, 2.24) is 9.80 Å². The zero-order valence-corrected chi connectivity index (χ0v) is 13.5. The minimum atomic E-state index is 0.848. The third-order valence-electron chi connectivity index (χ3n) is 3.79. The van der Waals surface area contributed by atoms with Crippen molar-refractivity contribution in [2.45, 2.75) is 19.4 Å². The Morgan fingerprint density at radius 3 is 2.63 bits per heavy atom. The van der Waals surface area contributed by atoms with Crippen molar-refractivity contribution in [2.24, 2.45) is 5.92 Å². The first-order valence-electron chi connectivity index (χ1n) is 6.95. The monoisotopic (exact) mass is 325 g/mol. The molecule has 0 aliphatic carbocycles. The summed E-state index contributed by atoms with van der Waals surface area (Å²) >= 11 is 3.61. The van der Waals surface area contributed by atoms with E-state index in [2.05, 4.69) is 45.9 Å². The van der Waals surface area contributed by atoms with Crippen molar-refractivity contribution in [1.29, 1.82) is 0 Å². The third kappa shape index (κ3) is 4.48. The van der Waals surface area contributed by atoms with Gasteiger partial charge in [0.1, 0.15) is 0 Å². The molecular formula is C15H24BrN3. The van der Waals surface area contributed by atoms with Crippen LogP contribution in [-0.2, 0) is 6.54 Å². The molecule has 0 atom stereocenters. The van der Waals surface area contributed by atoms with Gasteiger partial charge in [-0.3, -0.25) is 4.90 Å². The number of anilines is 1. The van der Waals surface area contributed by atoms with E-state index in [0.29, 0.717) is 0 Å². The highest BCUT2D eigenvalue weighted by atomic mass is 79.9. The van der Waals surface area contributed by atoms with Gasteiger partial charge in [0.15, 0.2) is 0 Å². The van der Waals surface area contributed by atoms with Gasteiger partial charge in [-0.1, -0.05) is 15.9 Å². The minimum absolute atomic E-state index is 0.848. The maximum atomic E-state index is 5.86. The Labute approximate surface area is 124 Å². The number of hydrogen-bond donors (Lipinski definition) is 1. The van der Waals surface area contributed by atoms with Crippen LogP contribution in [0.15, 0.2) is 22.7 Å². The van der Waals surface area contributed by atoms with Gasteiger partial charge in [0.05, 0.1) is 0 Å². The lowest BCUT2D eigenvalue weighted by Gasteiger charge is -2.33. The molecule has 1 aromatic rings. The summed E-state index contributed by atoms with van der Waals surface area (Å²) in [7, 11) is 4.33. The van der Waals surface area contributed by atoms with Gasteiger partial charge >= 0.3 is 0 Å². The summed E-state index contributed by atoms with van der Waals surface area (Å²) in [4.78, 5) is 4.83. The van der Waals surface area contributed by atoms with Gasteiger partial charge in [-0.15, -0.1) is 0 Å². The topological polar surface area (TPSA) is 32.5 Å². The molecule has 1 heterocycles. The van der Waals surface area contributed by atoms with E-state index in [1.54, 1.807) is 0 Å². The van der Waals surface area contributed by atoms with E-state index in [0.717, 1.165) is 22.6 Å². The molecule has 4 heteroatoms. The van der Waals surface area contributed by atoms with Gasteiger partial charge in [0.2, 0.25) is 0 Å². The highest BCUT2D eigenvalue weighted by Gasteiger charge is 2.20. The van der Waals surface area contributed by atoms with E-state index < -0.39 is 0 Å². The van der Waals surface area contributed by atoms with Gasteiger partial charge in [-0.2, -0.15) is 0 Å². The summed E-state index contributed by atoms with van der Waals surface area (Å²) in [6.45, 7) is 4.61. The second kappa shape index (κ2) is 6.73. The number of piperidine rings is 1. The number of nitrogen functional groups attached to an aromatic ring is 1. The van der Waals surface area contributed by atoms with Gasteiger partial charge < -0.3 is 10.6 Å². The molecule has 1 aliphatic rings. The van der Waals surface area contributed by atoms with Crippen LogP contribution in [0, 0.1) is 5.92 Å². The zero-order chi connectivity index (χ0) is 13.8. The fraction of sp³-hybridized carbons (Fsp3) is 0.600. The predicted molar refractivity (Wildman–Crippen MR) is 85.1 cm³/mol. The first kappa shape index (κ1) is 14.8. The van der Waals surface area contributed by atoms with E-state index in [4.69, 9.17) is 5.73 Å². The number of hydrogen-bond acceptors (Lipinski definition) is 3. The van der Waals surface area contributed by atoms with Gasteiger partial charge in [0.25, 0.3) is 0 Å². The summed E-state index contributed by atoms with van der Waals surface area (Å²) in [5, 5.41) is 0. The third-order valence-corrected chi connectivity index (χ3v) is 4.57. The molecule has 0 unspecified atom stereocenters. The Balaban J connectivity index is 1.87. The Morgan fingerprint density at radius 1 is 1.32 bits per heavy atom. The van der Waals surface area contributed by atoms with E-state index in [1.165, 1.54) is 38.0 Å². The maximum Gasteiger partial charge on any atom is 0.0318 e. The van der Waals surface area contributed by atoms with E-state index in [-0.39, 0.29) is 0 Å². The molecule has 0 aromatic heterocycles. The highest BCUT2D eigenvalue weighted by Crippen LogP contribution is 2.24. The van der Waals surface area contributed by atoms with Crippen molar-refractivity contribution in [3.63, 3.8) is 0 Å². The van der Waals surface area contributed by atoms with Crippen molar-refractivity contribution in [3.05, 3.63) is 28.2 Å². The van der Waals surface area contributed by atoms with Crippen LogP contribution in [0.3, 0.4) is 0 Å². The second-order valence-corrected chi connectivity index (χ2v) is 6.69. The van der Waals surface area contributed by atoms with E-state index >= 15 is 0 Å². The predicted octanol–water partition coefficient (Wildman–Crippen LogP) is 2.80. The molecule has 106 valence electrons. The quantitative estimate of drug-likeness (QED) is 0.864. The summed E-state index contributed by atoms with van der Waals surface area (Å²) in [6, 6.07) is 6.07. The van der Waals surface area contributed by atoms with Crippen LogP contribution in [0.1, 0.15) is 18.4 Å². The Hall–Kier alpha value is -0.580. The standard InChI is InChI=1S/C15H24BrN3/c1-18(2)10-12-5-7-19(8-6-12)11-13-9-14(17)3-4-15(13)16/h3-4,9,12H,5-8,10-11,17H2,1-2H3. The lowest BCUT2D eigenvalue weighted by atomic mass is 9.96. The van der Waals surface area contributed by atoms with E-state index in [1.807, 2.05) is 12.1 Å². The molecule has 1 saturated heterocycles. The average molecular weight is 326 g/mol. The Kier molecular flexibility index (Phi) is 5.25. The van der Waals surface area contributed by atoms with Gasteiger partial charge in [0, 0.05) is 23.2 Å². The smallest absolute Gasteiger partial charge is 0.0318 e. The number of halogens is 1. The van der Waals surface area contributed by atoms with Gasteiger partial charge in [-0.25, -0.2) is 0 Å². The Bertz CT molecular complexity index is 412. The summed E-state index contributed by atoms with van der Waals surface area (Å²) < 4.78 is 1.16. The number of nitrogens with zero attached hydrogens (tertiary/aromatic N) is 2. The van der Waals surface area contributed by atoms with Gasteiger partial charge in [-0.05, 0) is 69.7 Å². The highest BCUT2D eigenvalue weighted by molar-refractivity contribution is 9.10. The molecule has 19 heavy (non-hydrogen) atoms. The molecule has 0 spiro atoms. The number of likely N-dealkylation sites (tertiary alicyclic amines) is 1. The van der Waals surface area contributed by atoms with E-state index in [9.17, 15) is 0 Å². The minimum Gasteiger partial charge on any atom is -0.399 e. The molecule has 1 fully saturated rings. The van der Waals surface area contributed by atoms with Crippen LogP contribution < -0.4 is 5.73 Å². The Morgan fingerprint density at radius 2 is 2.00 bits per heavy atom. The lowest BCUT2D eigenvalue weighted by Crippen LogP contribution is -2.36. The molecule has 0 bridgehead atoms. The van der Waals surface area contributed by atoms with Crippen LogP contribution in [0.4, 0.5) is 5.69 Å². The first-order valence-corrected chi connectivity index (χ1v) is 7.75. The first-order chi connectivity index (χ1) is 9.04. The number of nitrogens with two attached hydrogens (primary N) is 1. The van der Waals surface area contributed by atoms with Crippen LogP contribution in [0.2, 0.25) is 0 Å². The molecule has 0 amide bonds. The van der Waals surface area contributed by atoms with Crippen LogP contribution in [0.5, 0.6) is 0 Å². The lowest BCUT2D eigenvalue weighted by molar-refractivity contribution is 0.156.